The van der Waals surface area contributed by atoms with Gasteiger partial charge >= 0.3 is 5.82 Å². The van der Waals surface area contributed by atoms with E-state index in [0.29, 0.717) is 11.3 Å². The fourth-order valence-electron chi connectivity index (χ4n) is 1.54. The van der Waals surface area contributed by atoms with Gasteiger partial charge < -0.3 is 10.1 Å². The zero-order valence-electron chi connectivity index (χ0n) is 10.8. The van der Waals surface area contributed by atoms with E-state index in [4.69, 9.17) is 0 Å². The van der Waals surface area contributed by atoms with Crippen molar-refractivity contribution in [3.8, 4) is 0 Å². The molecule has 0 spiro atoms. The van der Waals surface area contributed by atoms with Gasteiger partial charge in [0, 0.05) is 0 Å². The van der Waals surface area contributed by atoms with Gasteiger partial charge in [0.25, 0.3) is 5.91 Å². The van der Waals surface area contributed by atoms with Crippen LogP contribution < -0.4 is 5.43 Å². The third-order valence-corrected chi connectivity index (χ3v) is 2.60. The molecule has 1 aromatic heterocycles. The average molecular weight is 291 g/mol. The number of nitrogens with one attached hydrogen (secondary N) is 2. The number of amides is 1. The van der Waals surface area contributed by atoms with E-state index in [2.05, 4.69) is 20.5 Å². The first-order valence-electron chi connectivity index (χ1n) is 5.77. The van der Waals surface area contributed by atoms with E-state index < -0.39 is 16.6 Å². The van der Waals surface area contributed by atoms with Crippen LogP contribution in [0.3, 0.4) is 0 Å². The van der Waals surface area contributed by atoms with Gasteiger partial charge in [0.15, 0.2) is 6.33 Å². The topological polar surface area (TPSA) is 113 Å². The Kier molecular flexibility index (Phi) is 4.02. The Morgan fingerprint density at radius 3 is 2.71 bits per heavy atom. The van der Waals surface area contributed by atoms with Crippen LogP contribution in [-0.4, -0.2) is 26.5 Å². The number of imidazole rings is 1. The maximum Gasteiger partial charge on any atom is 0.353 e. The predicted octanol–water partition coefficient (Wildman–Crippen LogP) is 1.61. The number of benzene rings is 1. The highest BCUT2D eigenvalue weighted by atomic mass is 19.1. The van der Waals surface area contributed by atoms with E-state index in [-0.39, 0.29) is 11.5 Å². The molecular weight excluding hydrogens is 281 g/mol. The van der Waals surface area contributed by atoms with Crippen molar-refractivity contribution in [3.05, 3.63) is 57.8 Å². The molecule has 2 aromatic rings. The molecule has 0 aliphatic rings. The minimum absolute atomic E-state index is 0.365. The molecule has 0 bridgehead atoms. The summed E-state index contributed by atoms with van der Waals surface area (Å²) in [5, 5.41) is 14.5. The fourth-order valence-corrected chi connectivity index (χ4v) is 1.54. The van der Waals surface area contributed by atoms with Crippen LogP contribution in [0.5, 0.6) is 0 Å². The summed E-state index contributed by atoms with van der Waals surface area (Å²) in [6.07, 6.45) is 1.05. The summed E-state index contributed by atoms with van der Waals surface area (Å²) in [7, 11) is 0. The molecule has 108 valence electrons. The number of H-pyrrole nitrogens is 1. The summed E-state index contributed by atoms with van der Waals surface area (Å²) in [5.74, 6) is -1.71. The van der Waals surface area contributed by atoms with E-state index in [9.17, 15) is 19.3 Å². The van der Waals surface area contributed by atoms with E-state index >= 15 is 0 Å². The lowest BCUT2D eigenvalue weighted by atomic mass is 10.1. The number of rotatable bonds is 4. The van der Waals surface area contributed by atoms with Gasteiger partial charge in [-0.3, -0.25) is 4.79 Å². The van der Waals surface area contributed by atoms with Crippen molar-refractivity contribution in [2.75, 3.05) is 0 Å². The van der Waals surface area contributed by atoms with Crippen LogP contribution in [0.4, 0.5) is 10.2 Å². The Bertz CT molecular complexity index is 708. The molecule has 0 unspecified atom stereocenters. The Hall–Kier alpha value is -3.10. The highest BCUT2D eigenvalue weighted by Crippen LogP contribution is 2.11. The number of hydrazone groups is 1. The summed E-state index contributed by atoms with van der Waals surface area (Å²) >= 11 is 0. The molecule has 0 atom stereocenters. The van der Waals surface area contributed by atoms with Crippen LogP contribution in [0.1, 0.15) is 23.0 Å². The summed E-state index contributed by atoms with van der Waals surface area (Å²) in [4.78, 5) is 27.5. The first kappa shape index (κ1) is 14.3. The minimum Gasteiger partial charge on any atom is -0.358 e. The molecule has 0 saturated heterocycles. The van der Waals surface area contributed by atoms with E-state index in [1.807, 2.05) is 0 Å². The molecule has 1 amide bonds. The molecule has 9 heteroatoms. The Morgan fingerprint density at radius 1 is 1.43 bits per heavy atom. The lowest BCUT2D eigenvalue weighted by Gasteiger charge is -2.01. The van der Waals surface area contributed by atoms with Crippen molar-refractivity contribution < 1.29 is 14.1 Å². The third kappa shape index (κ3) is 3.26. The second-order valence-corrected chi connectivity index (χ2v) is 4.00. The lowest BCUT2D eigenvalue weighted by molar-refractivity contribution is -0.389. The molecule has 8 nitrogen and oxygen atoms in total. The zero-order valence-corrected chi connectivity index (χ0v) is 10.8. The number of hydrogen-bond donors (Lipinski definition) is 2. The van der Waals surface area contributed by atoms with Crippen LogP contribution >= 0.6 is 0 Å². The van der Waals surface area contributed by atoms with Crippen LogP contribution in [-0.2, 0) is 0 Å². The zero-order chi connectivity index (χ0) is 15.4. The summed E-state index contributed by atoms with van der Waals surface area (Å²) < 4.78 is 12.8. The monoisotopic (exact) mass is 291 g/mol. The highest BCUT2D eigenvalue weighted by molar-refractivity contribution is 6.01. The number of carbonyl (C=O) groups is 1. The van der Waals surface area contributed by atoms with Crippen molar-refractivity contribution in [1.29, 1.82) is 0 Å². The summed E-state index contributed by atoms with van der Waals surface area (Å²) in [5.41, 5.74) is 2.82. The molecular formula is C12H10FN5O3. The van der Waals surface area contributed by atoms with Gasteiger partial charge in [-0.05, 0) is 29.5 Å². The summed E-state index contributed by atoms with van der Waals surface area (Å²) in [6, 6.07) is 5.51. The van der Waals surface area contributed by atoms with Crippen molar-refractivity contribution in [3.63, 3.8) is 0 Å². The number of halogens is 1. The van der Waals surface area contributed by atoms with Crippen molar-refractivity contribution in [2.24, 2.45) is 5.10 Å². The van der Waals surface area contributed by atoms with Gasteiger partial charge in [-0.1, -0.05) is 12.1 Å². The second-order valence-electron chi connectivity index (χ2n) is 4.00. The SMILES string of the molecule is C/C(=N/NC(=O)c1nc[nH]c1[N+](=O)[O-])c1ccc(F)cc1. The van der Waals surface area contributed by atoms with Crippen molar-refractivity contribution in [2.45, 2.75) is 6.92 Å². The Balaban J connectivity index is 2.12. The molecule has 1 heterocycles. The molecule has 0 fully saturated rings. The van der Waals surface area contributed by atoms with Crippen LogP contribution in [0.15, 0.2) is 35.7 Å². The molecule has 21 heavy (non-hydrogen) atoms. The number of aromatic nitrogens is 2. The predicted molar refractivity (Wildman–Crippen MR) is 71.3 cm³/mol. The second kappa shape index (κ2) is 5.90. The maximum absolute atomic E-state index is 12.8. The lowest BCUT2D eigenvalue weighted by Crippen LogP contribution is -2.20. The maximum atomic E-state index is 12.8. The average Bonchev–Trinajstić information content (AvgIpc) is 2.95. The van der Waals surface area contributed by atoms with Gasteiger partial charge in [0.1, 0.15) is 5.82 Å². The molecule has 0 aliphatic heterocycles. The Morgan fingerprint density at radius 2 is 2.10 bits per heavy atom. The molecule has 0 radical (unpaired) electrons. The molecule has 1 aromatic carbocycles. The number of aromatic amines is 1. The molecule has 2 N–H and O–H groups in total. The molecule has 0 aliphatic carbocycles. The molecule has 2 rings (SSSR count). The minimum atomic E-state index is -0.815. The van der Waals surface area contributed by atoms with Gasteiger partial charge in [-0.15, -0.1) is 0 Å². The van der Waals surface area contributed by atoms with Gasteiger partial charge in [0.2, 0.25) is 5.69 Å². The number of nitro groups is 1. The van der Waals surface area contributed by atoms with Crippen LogP contribution in [0.2, 0.25) is 0 Å². The van der Waals surface area contributed by atoms with E-state index in [1.54, 1.807) is 6.92 Å². The standard InChI is InChI=1S/C12H10FN5O3/c1-7(8-2-4-9(13)5-3-8)16-17-12(19)10-11(18(20)21)15-6-14-10/h2-6H,1H3,(H,14,15)(H,17,19)/b16-7-. The van der Waals surface area contributed by atoms with Gasteiger partial charge in [0.05, 0.1) is 5.71 Å². The third-order valence-electron chi connectivity index (χ3n) is 2.60. The summed E-state index contributed by atoms with van der Waals surface area (Å²) in [6.45, 7) is 1.60. The van der Waals surface area contributed by atoms with Crippen LogP contribution in [0.25, 0.3) is 0 Å². The van der Waals surface area contributed by atoms with Crippen LogP contribution in [0, 0.1) is 15.9 Å². The fraction of sp³-hybridized carbons (Fsp3) is 0.0833. The Labute approximate surface area is 117 Å². The highest BCUT2D eigenvalue weighted by Gasteiger charge is 2.22. The van der Waals surface area contributed by atoms with E-state index in [0.717, 1.165) is 6.33 Å². The largest absolute Gasteiger partial charge is 0.358 e. The smallest absolute Gasteiger partial charge is 0.353 e. The number of carbonyl (C=O) groups excluding carboxylic acids is 1. The van der Waals surface area contributed by atoms with Gasteiger partial charge in [-0.25, -0.2) is 19.8 Å². The first-order valence-corrected chi connectivity index (χ1v) is 5.77. The molecule has 0 saturated carbocycles. The van der Waals surface area contributed by atoms with E-state index in [1.165, 1.54) is 24.3 Å². The van der Waals surface area contributed by atoms with Crippen molar-refractivity contribution in [1.82, 2.24) is 15.4 Å². The number of hydrogen-bond acceptors (Lipinski definition) is 5. The number of nitrogens with zero attached hydrogens (tertiary/aromatic N) is 3. The first-order chi connectivity index (χ1) is 9.99. The normalized spacial score (nSPS) is 11.2. The quantitative estimate of drug-likeness (QED) is 0.506. The van der Waals surface area contributed by atoms with Gasteiger partial charge in [-0.2, -0.15) is 5.10 Å². The van der Waals surface area contributed by atoms with Crippen molar-refractivity contribution >= 4 is 17.4 Å².